The van der Waals surface area contributed by atoms with Gasteiger partial charge in [0.1, 0.15) is 5.82 Å². The number of hydrogen-bond donors (Lipinski definition) is 0. The third-order valence-corrected chi connectivity index (χ3v) is 4.66. The number of morpholine rings is 1. The van der Waals surface area contributed by atoms with Gasteiger partial charge in [-0.15, -0.1) is 0 Å². The van der Waals surface area contributed by atoms with Gasteiger partial charge in [-0.2, -0.15) is 0 Å². The van der Waals surface area contributed by atoms with E-state index in [1.54, 1.807) is 0 Å². The maximum atomic E-state index is 5.78. The van der Waals surface area contributed by atoms with Crippen LogP contribution in [-0.2, 0) is 9.47 Å². The van der Waals surface area contributed by atoms with Crippen LogP contribution in [0.2, 0.25) is 0 Å². The number of hydrogen-bond acceptors (Lipinski definition) is 4. The van der Waals surface area contributed by atoms with Crippen LogP contribution in [0.3, 0.4) is 0 Å². The quantitative estimate of drug-likeness (QED) is 0.825. The molecule has 0 spiro atoms. The molecule has 1 unspecified atom stereocenters. The van der Waals surface area contributed by atoms with Gasteiger partial charge < -0.3 is 14.4 Å². The van der Waals surface area contributed by atoms with Crippen LogP contribution in [0.4, 0.5) is 5.82 Å². The molecule has 1 aliphatic heterocycles. The number of rotatable bonds is 5. The highest BCUT2D eigenvalue weighted by Crippen LogP contribution is 2.29. The van der Waals surface area contributed by atoms with Crippen molar-refractivity contribution >= 4 is 21.7 Å². The van der Waals surface area contributed by atoms with E-state index in [2.05, 4.69) is 37.9 Å². The summed E-state index contributed by atoms with van der Waals surface area (Å²) in [6.07, 6.45) is 2.83. The van der Waals surface area contributed by atoms with E-state index in [9.17, 15) is 0 Å². The van der Waals surface area contributed by atoms with Crippen molar-refractivity contribution in [1.29, 1.82) is 0 Å². The molecule has 1 aromatic rings. The van der Waals surface area contributed by atoms with Gasteiger partial charge >= 0.3 is 0 Å². The van der Waals surface area contributed by atoms with Crippen LogP contribution in [0.15, 0.2) is 16.6 Å². The van der Waals surface area contributed by atoms with Crippen LogP contribution >= 0.6 is 15.9 Å². The van der Waals surface area contributed by atoms with Gasteiger partial charge in [-0.25, -0.2) is 4.98 Å². The zero-order valence-corrected chi connectivity index (χ0v) is 13.4. The van der Waals surface area contributed by atoms with Crippen molar-refractivity contribution in [2.45, 2.75) is 25.9 Å². The molecule has 20 heavy (non-hydrogen) atoms. The fourth-order valence-electron chi connectivity index (χ4n) is 2.39. The highest BCUT2D eigenvalue weighted by Gasteiger charge is 2.24. The van der Waals surface area contributed by atoms with Crippen molar-refractivity contribution in [3.05, 3.63) is 22.3 Å². The lowest BCUT2D eigenvalue weighted by Gasteiger charge is -2.33. The number of aryl methyl sites for hydroxylation is 1. The van der Waals surface area contributed by atoms with Gasteiger partial charge in [-0.3, -0.25) is 0 Å². The fourth-order valence-corrected chi connectivity index (χ4v) is 2.61. The highest BCUT2D eigenvalue weighted by atomic mass is 79.9. The predicted molar refractivity (Wildman–Crippen MR) is 82.2 cm³/mol. The molecule has 2 heterocycles. The number of aromatic nitrogens is 1. The SMILES string of the molecule is Cc1nc(N2CCOC(COCC3CC3)C2)ccc1Br. The summed E-state index contributed by atoms with van der Waals surface area (Å²) in [5.41, 5.74) is 1.02. The largest absolute Gasteiger partial charge is 0.378 e. The van der Waals surface area contributed by atoms with Crippen molar-refractivity contribution in [3.8, 4) is 0 Å². The summed E-state index contributed by atoms with van der Waals surface area (Å²) >= 11 is 3.49. The van der Waals surface area contributed by atoms with Crippen LogP contribution in [0.1, 0.15) is 18.5 Å². The van der Waals surface area contributed by atoms with E-state index in [4.69, 9.17) is 9.47 Å². The van der Waals surface area contributed by atoms with Crippen molar-refractivity contribution in [2.75, 3.05) is 37.8 Å². The second-order valence-electron chi connectivity index (χ2n) is 5.66. The lowest BCUT2D eigenvalue weighted by molar-refractivity contribution is -0.0259. The molecule has 1 saturated carbocycles. The van der Waals surface area contributed by atoms with Gasteiger partial charge in [0.05, 0.1) is 25.0 Å². The second-order valence-corrected chi connectivity index (χ2v) is 6.51. The molecule has 4 nitrogen and oxygen atoms in total. The normalized spacial score (nSPS) is 23.1. The average Bonchev–Trinajstić information content (AvgIpc) is 3.26. The van der Waals surface area contributed by atoms with E-state index < -0.39 is 0 Å². The number of anilines is 1. The van der Waals surface area contributed by atoms with E-state index in [1.807, 2.05) is 6.92 Å². The molecule has 110 valence electrons. The predicted octanol–water partition coefficient (Wildman–Crippen LogP) is 2.78. The Morgan fingerprint density at radius 3 is 3.00 bits per heavy atom. The zero-order chi connectivity index (χ0) is 13.9. The molecule has 1 aromatic heterocycles. The van der Waals surface area contributed by atoms with E-state index in [1.165, 1.54) is 12.8 Å². The van der Waals surface area contributed by atoms with Crippen LogP contribution in [0, 0.1) is 12.8 Å². The molecule has 0 N–H and O–H groups in total. The van der Waals surface area contributed by atoms with E-state index in [-0.39, 0.29) is 6.10 Å². The average molecular weight is 341 g/mol. The smallest absolute Gasteiger partial charge is 0.129 e. The minimum absolute atomic E-state index is 0.160. The number of halogens is 1. The molecule has 5 heteroatoms. The van der Waals surface area contributed by atoms with Gasteiger partial charge in [0.2, 0.25) is 0 Å². The van der Waals surface area contributed by atoms with Crippen LogP contribution < -0.4 is 4.90 Å². The first-order chi connectivity index (χ1) is 9.72. The Morgan fingerprint density at radius 2 is 2.25 bits per heavy atom. The first-order valence-corrected chi connectivity index (χ1v) is 8.09. The van der Waals surface area contributed by atoms with Crippen LogP contribution in [-0.4, -0.2) is 44.0 Å². The van der Waals surface area contributed by atoms with Gasteiger partial charge in [0, 0.05) is 24.2 Å². The Labute approximate surface area is 128 Å². The monoisotopic (exact) mass is 340 g/mol. The third kappa shape index (κ3) is 3.71. The molecule has 1 atom stereocenters. The molecule has 0 aromatic carbocycles. The van der Waals surface area contributed by atoms with E-state index >= 15 is 0 Å². The van der Waals surface area contributed by atoms with E-state index in [0.717, 1.165) is 48.2 Å². The second kappa shape index (κ2) is 6.41. The number of pyridine rings is 1. The molecule has 0 radical (unpaired) electrons. The van der Waals surface area contributed by atoms with Gasteiger partial charge in [0.25, 0.3) is 0 Å². The Bertz CT molecular complexity index is 465. The summed E-state index contributed by atoms with van der Waals surface area (Å²) < 4.78 is 12.6. The minimum Gasteiger partial charge on any atom is -0.378 e. The Balaban J connectivity index is 1.54. The van der Waals surface area contributed by atoms with E-state index in [0.29, 0.717) is 6.61 Å². The molecule has 2 aliphatic rings. The molecular weight excluding hydrogens is 320 g/mol. The number of ether oxygens (including phenoxy) is 2. The topological polar surface area (TPSA) is 34.6 Å². The Morgan fingerprint density at radius 1 is 1.40 bits per heavy atom. The number of nitrogens with zero attached hydrogens (tertiary/aromatic N) is 2. The molecular formula is C15H21BrN2O2. The molecule has 1 saturated heterocycles. The minimum atomic E-state index is 0.160. The summed E-state index contributed by atoms with van der Waals surface area (Å²) in [5, 5.41) is 0. The summed E-state index contributed by atoms with van der Waals surface area (Å²) in [6.45, 7) is 6.11. The fraction of sp³-hybridized carbons (Fsp3) is 0.667. The summed E-state index contributed by atoms with van der Waals surface area (Å²) in [4.78, 5) is 6.92. The lowest BCUT2D eigenvalue weighted by atomic mass is 10.2. The summed E-state index contributed by atoms with van der Waals surface area (Å²) in [5.74, 6) is 1.84. The standard InChI is InChI=1S/C15H21BrN2O2/c1-11-14(16)4-5-15(17-11)18-6-7-20-13(8-18)10-19-9-12-2-3-12/h4-5,12-13H,2-3,6-10H2,1H3. The molecule has 1 aliphatic carbocycles. The maximum absolute atomic E-state index is 5.78. The summed E-state index contributed by atoms with van der Waals surface area (Å²) in [7, 11) is 0. The Kier molecular flexibility index (Phi) is 4.58. The maximum Gasteiger partial charge on any atom is 0.129 e. The summed E-state index contributed by atoms with van der Waals surface area (Å²) in [6, 6.07) is 4.12. The Hall–Kier alpha value is -0.650. The van der Waals surface area contributed by atoms with Crippen molar-refractivity contribution in [3.63, 3.8) is 0 Å². The molecule has 0 bridgehead atoms. The zero-order valence-electron chi connectivity index (χ0n) is 11.8. The van der Waals surface area contributed by atoms with Crippen LogP contribution in [0.25, 0.3) is 0 Å². The first-order valence-electron chi connectivity index (χ1n) is 7.30. The first kappa shape index (κ1) is 14.3. The molecule has 0 amide bonds. The van der Waals surface area contributed by atoms with Crippen molar-refractivity contribution in [1.82, 2.24) is 4.98 Å². The van der Waals surface area contributed by atoms with Gasteiger partial charge in [-0.05, 0) is 53.7 Å². The molecule has 2 fully saturated rings. The highest BCUT2D eigenvalue weighted by molar-refractivity contribution is 9.10. The third-order valence-electron chi connectivity index (χ3n) is 3.82. The van der Waals surface area contributed by atoms with Crippen molar-refractivity contribution in [2.24, 2.45) is 5.92 Å². The van der Waals surface area contributed by atoms with Crippen molar-refractivity contribution < 1.29 is 9.47 Å². The lowest BCUT2D eigenvalue weighted by Crippen LogP contribution is -2.45. The van der Waals surface area contributed by atoms with Gasteiger partial charge in [-0.1, -0.05) is 0 Å². The van der Waals surface area contributed by atoms with Crippen LogP contribution in [0.5, 0.6) is 0 Å². The van der Waals surface area contributed by atoms with Gasteiger partial charge in [0.15, 0.2) is 0 Å². The molecule has 3 rings (SSSR count).